The average molecular weight is 335 g/mol. The van der Waals surface area contributed by atoms with Crippen LogP contribution in [-0.2, 0) is 19.5 Å². The first-order chi connectivity index (χ1) is 10.5. The number of benzene rings is 1. The second-order valence-corrected chi connectivity index (χ2v) is 6.72. The van der Waals surface area contributed by atoms with Crippen LogP contribution in [-0.4, -0.2) is 40.9 Å². The summed E-state index contributed by atoms with van der Waals surface area (Å²) in [6.45, 7) is 1.63. The second-order valence-electron chi connectivity index (χ2n) is 5.01. The highest BCUT2D eigenvalue weighted by molar-refractivity contribution is 7.89. The fourth-order valence-electron chi connectivity index (χ4n) is 2.18. The van der Waals surface area contributed by atoms with E-state index in [1.807, 2.05) is 0 Å². The summed E-state index contributed by atoms with van der Waals surface area (Å²) in [5.41, 5.74) is 0. The monoisotopic (exact) mass is 335 g/mol. The van der Waals surface area contributed by atoms with Crippen molar-refractivity contribution >= 4 is 10.0 Å². The van der Waals surface area contributed by atoms with Crippen LogP contribution in [0.25, 0.3) is 0 Å². The molecule has 124 valence electrons. The standard InChI is InChI=1S/C14H19F2NO4S/c15-12-5-1-6-13(16)14(12)22(18,19)17-7-3-8-20-10-11-4-2-9-21-11/h1,5-6,11,17H,2-4,7-10H2. The number of halogens is 2. The third-order valence-corrected chi connectivity index (χ3v) is 4.78. The summed E-state index contributed by atoms with van der Waals surface area (Å²) in [5.74, 6) is -2.22. The molecule has 0 spiro atoms. The average Bonchev–Trinajstić information content (AvgIpc) is 2.95. The van der Waals surface area contributed by atoms with Crippen molar-refractivity contribution in [2.45, 2.75) is 30.3 Å². The smallest absolute Gasteiger partial charge is 0.246 e. The molecule has 1 N–H and O–H groups in total. The minimum Gasteiger partial charge on any atom is -0.379 e. The molecule has 1 unspecified atom stereocenters. The maximum absolute atomic E-state index is 13.5. The Balaban J connectivity index is 1.73. The van der Waals surface area contributed by atoms with Crippen molar-refractivity contribution < 1.29 is 26.7 Å². The Kier molecular flexibility index (Phi) is 6.25. The van der Waals surface area contributed by atoms with Crippen LogP contribution in [0.3, 0.4) is 0 Å². The van der Waals surface area contributed by atoms with Crippen molar-refractivity contribution in [2.24, 2.45) is 0 Å². The van der Waals surface area contributed by atoms with Gasteiger partial charge in [-0.15, -0.1) is 0 Å². The van der Waals surface area contributed by atoms with Crippen LogP contribution >= 0.6 is 0 Å². The molecular weight excluding hydrogens is 316 g/mol. The lowest BCUT2D eigenvalue weighted by Crippen LogP contribution is -2.27. The van der Waals surface area contributed by atoms with Gasteiger partial charge in [0.1, 0.15) is 11.6 Å². The van der Waals surface area contributed by atoms with Gasteiger partial charge in [0, 0.05) is 19.8 Å². The molecule has 1 saturated heterocycles. The molecule has 5 nitrogen and oxygen atoms in total. The fraction of sp³-hybridized carbons (Fsp3) is 0.571. The number of ether oxygens (including phenoxy) is 2. The third-order valence-electron chi connectivity index (χ3n) is 3.27. The molecule has 2 rings (SSSR count). The van der Waals surface area contributed by atoms with E-state index < -0.39 is 26.6 Å². The summed E-state index contributed by atoms with van der Waals surface area (Å²) in [7, 11) is -4.20. The predicted molar refractivity (Wildman–Crippen MR) is 76.0 cm³/mol. The highest BCUT2D eigenvalue weighted by Gasteiger charge is 2.23. The van der Waals surface area contributed by atoms with E-state index >= 15 is 0 Å². The Morgan fingerprint density at radius 1 is 1.32 bits per heavy atom. The molecule has 1 heterocycles. The normalized spacial score (nSPS) is 18.7. The maximum Gasteiger partial charge on any atom is 0.246 e. The molecule has 1 aromatic rings. The third kappa shape index (κ3) is 4.70. The highest BCUT2D eigenvalue weighted by atomic mass is 32.2. The summed E-state index contributed by atoms with van der Waals surface area (Å²) < 4.78 is 63.6. The molecule has 1 fully saturated rings. The lowest BCUT2D eigenvalue weighted by molar-refractivity contribution is 0.0169. The molecule has 1 aromatic carbocycles. The molecule has 1 aliphatic heterocycles. The Bertz CT molecular complexity index is 568. The van der Waals surface area contributed by atoms with Gasteiger partial charge in [-0.05, 0) is 31.4 Å². The summed E-state index contributed by atoms with van der Waals surface area (Å²) in [6, 6.07) is 2.92. The summed E-state index contributed by atoms with van der Waals surface area (Å²) >= 11 is 0. The first-order valence-corrected chi connectivity index (χ1v) is 8.62. The Hall–Kier alpha value is -1.09. The van der Waals surface area contributed by atoms with E-state index in [1.54, 1.807) is 0 Å². The van der Waals surface area contributed by atoms with Crippen LogP contribution in [0.1, 0.15) is 19.3 Å². The second kappa shape index (κ2) is 7.96. The van der Waals surface area contributed by atoms with Crippen molar-refractivity contribution in [3.63, 3.8) is 0 Å². The van der Waals surface area contributed by atoms with Gasteiger partial charge in [0.2, 0.25) is 10.0 Å². The van der Waals surface area contributed by atoms with Crippen molar-refractivity contribution in [2.75, 3.05) is 26.4 Å². The lowest BCUT2D eigenvalue weighted by Gasteiger charge is -2.11. The number of rotatable bonds is 8. The minimum absolute atomic E-state index is 0.0433. The van der Waals surface area contributed by atoms with Gasteiger partial charge >= 0.3 is 0 Å². The van der Waals surface area contributed by atoms with Crippen LogP contribution < -0.4 is 4.72 Å². The van der Waals surface area contributed by atoms with Gasteiger partial charge in [-0.3, -0.25) is 0 Å². The van der Waals surface area contributed by atoms with E-state index in [0.29, 0.717) is 19.6 Å². The first-order valence-electron chi connectivity index (χ1n) is 7.14. The van der Waals surface area contributed by atoms with Crippen molar-refractivity contribution in [3.8, 4) is 0 Å². The van der Waals surface area contributed by atoms with Gasteiger partial charge in [0.15, 0.2) is 4.90 Å². The van der Waals surface area contributed by atoms with Gasteiger partial charge in [-0.1, -0.05) is 6.07 Å². The predicted octanol–water partition coefficient (Wildman–Crippen LogP) is 1.83. The minimum atomic E-state index is -4.20. The number of hydrogen-bond acceptors (Lipinski definition) is 4. The van der Waals surface area contributed by atoms with Crippen LogP contribution in [0.5, 0.6) is 0 Å². The van der Waals surface area contributed by atoms with Gasteiger partial charge in [0.05, 0.1) is 12.7 Å². The lowest BCUT2D eigenvalue weighted by atomic mass is 10.2. The summed E-state index contributed by atoms with van der Waals surface area (Å²) in [5, 5.41) is 0. The SMILES string of the molecule is O=S(=O)(NCCCOCC1CCCO1)c1c(F)cccc1F. The van der Waals surface area contributed by atoms with Crippen LogP contribution in [0, 0.1) is 11.6 Å². The molecule has 8 heteroatoms. The zero-order valence-corrected chi connectivity index (χ0v) is 12.9. The van der Waals surface area contributed by atoms with Gasteiger partial charge in [-0.2, -0.15) is 0 Å². The first kappa shape index (κ1) is 17.3. The van der Waals surface area contributed by atoms with Gasteiger partial charge < -0.3 is 9.47 Å². The molecule has 0 bridgehead atoms. The molecule has 0 aliphatic carbocycles. The molecule has 0 radical (unpaired) electrons. The fourth-order valence-corrected chi connectivity index (χ4v) is 3.39. The van der Waals surface area contributed by atoms with Gasteiger partial charge in [0.25, 0.3) is 0 Å². The largest absolute Gasteiger partial charge is 0.379 e. The van der Waals surface area contributed by atoms with E-state index in [4.69, 9.17) is 9.47 Å². The molecule has 0 amide bonds. The molecular formula is C14H19F2NO4S. The number of nitrogens with one attached hydrogen (secondary N) is 1. The van der Waals surface area contributed by atoms with E-state index in [2.05, 4.69) is 4.72 Å². The van der Waals surface area contributed by atoms with Gasteiger partial charge in [-0.25, -0.2) is 21.9 Å². The van der Waals surface area contributed by atoms with Crippen molar-refractivity contribution in [3.05, 3.63) is 29.8 Å². The van der Waals surface area contributed by atoms with E-state index in [9.17, 15) is 17.2 Å². The van der Waals surface area contributed by atoms with Crippen molar-refractivity contribution in [1.29, 1.82) is 0 Å². The van der Waals surface area contributed by atoms with E-state index in [-0.39, 0.29) is 12.6 Å². The highest BCUT2D eigenvalue weighted by Crippen LogP contribution is 2.17. The Labute approximate surface area is 128 Å². The molecule has 1 atom stereocenters. The number of hydrogen-bond donors (Lipinski definition) is 1. The van der Waals surface area contributed by atoms with Crippen molar-refractivity contribution in [1.82, 2.24) is 4.72 Å². The topological polar surface area (TPSA) is 64.6 Å². The molecule has 0 saturated carbocycles. The number of sulfonamides is 1. The molecule has 22 heavy (non-hydrogen) atoms. The van der Waals surface area contributed by atoms with Crippen LogP contribution in [0.4, 0.5) is 8.78 Å². The maximum atomic E-state index is 13.5. The van der Waals surface area contributed by atoms with E-state index in [1.165, 1.54) is 0 Å². The Morgan fingerprint density at radius 2 is 2.05 bits per heavy atom. The van der Waals surface area contributed by atoms with Crippen LogP contribution in [0.2, 0.25) is 0 Å². The van der Waals surface area contributed by atoms with E-state index in [0.717, 1.165) is 37.6 Å². The zero-order valence-electron chi connectivity index (χ0n) is 12.1. The summed E-state index contributed by atoms with van der Waals surface area (Å²) in [6.07, 6.45) is 2.52. The quantitative estimate of drug-likeness (QED) is 0.736. The van der Waals surface area contributed by atoms with Crippen LogP contribution in [0.15, 0.2) is 23.1 Å². The molecule has 0 aromatic heterocycles. The summed E-state index contributed by atoms with van der Waals surface area (Å²) in [4.78, 5) is -0.949. The Morgan fingerprint density at radius 3 is 2.68 bits per heavy atom. The molecule has 1 aliphatic rings. The zero-order chi connectivity index (χ0) is 16.0.